The zero-order valence-electron chi connectivity index (χ0n) is 11.9. The van der Waals surface area contributed by atoms with Gasteiger partial charge in [-0.15, -0.1) is 11.3 Å². The SMILES string of the molecule is COc1cc2c(cc1C(O)Cc1ccc(Cl)s1)OC(C)C2. The molecule has 1 aromatic heterocycles. The molecule has 0 bridgehead atoms. The first-order valence-electron chi connectivity index (χ1n) is 6.86. The van der Waals surface area contributed by atoms with Crippen LogP contribution in [0, 0.1) is 0 Å². The molecule has 2 aromatic rings. The number of ether oxygens (including phenoxy) is 2. The lowest BCUT2D eigenvalue weighted by molar-refractivity contribution is 0.174. The Hall–Kier alpha value is -1.23. The largest absolute Gasteiger partial charge is 0.496 e. The van der Waals surface area contributed by atoms with Crippen molar-refractivity contribution in [2.24, 2.45) is 0 Å². The van der Waals surface area contributed by atoms with Crippen LogP contribution in [0.1, 0.15) is 29.0 Å². The number of thiophene rings is 1. The average Bonchev–Trinajstić information content (AvgIpc) is 3.01. The normalized spacial score (nSPS) is 18.2. The van der Waals surface area contributed by atoms with Crippen molar-refractivity contribution in [2.75, 3.05) is 7.11 Å². The van der Waals surface area contributed by atoms with E-state index in [0.29, 0.717) is 12.2 Å². The van der Waals surface area contributed by atoms with Gasteiger partial charge in [-0.2, -0.15) is 0 Å². The van der Waals surface area contributed by atoms with E-state index in [1.165, 1.54) is 11.3 Å². The molecule has 0 saturated heterocycles. The average molecular weight is 325 g/mol. The smallest absolute Gasteiger partial charge is 0.125 e. The van der Waals surface area contributed by atoms with Gasteiger partial charge in [0, 0.05) is 28.8 Å². The molecule has 1 N–H and O–H groups in total. The Morgan fingerprint density at radius 2 is 2.29 bits per heavy atom. The van der Waals surface area contributed by atoms with Gasteiger partial charge in [-0.3, -0.25) is 0 Å². The molecular weight excluding hydrogens is 308 g/mol. The maximum absolute atomic E-state index is 10.5. The molecule has 1 aliphatic heterocycles. The molecule has 3 nitrogen and oxygen atoms in total. The molecule has 3 rings (SSSR count). The number of hydrogen-bond donors (Lipinski definition) is 1. The lowest BCUT2D eigenvalue weighted by Crippen LogP contribution is -2.05. The van der Waals surface area contributed by atoms with Gasteiger partial charge in [-0.1, -0.05) is 11.6 Å². The Bertz CT molecular complexity index is 653. The summed E-state index contributed by atoms with van der Waals surface area (Å²) in [6, 6.07) is 7.66. The molecule has 2 atom stereocenters. The fourth-order valence-corrected chi connectivity index (χ4v) is 3.78. The van der Waals surface area contributed by atoms with Crippen LogP contribution < -0.4 is 9.47 Å². The minimum Gasteiger partial charge on any atom is -0.496 e. The Morgan fingerprint density at radius 1 is 1.48 bits per heavy atom. The van der Waals surface area contributed by atoms with E-state index in [4.69, 9.17) is 21.1 Å². The molecule has 0 saturated carbocycles. The lowest BCUT2D eigenvalue weighted by atomic mass is 10.0. The minimum absolute atomic E-state index is 0.174. The molecular formula is C16H17ClO3S. The van der Waals surface area contributed by atoms with Crippen LogP contribution >= 0.6 is 22.9 Å². The number of aliphatic hydroxyl groups excluding tert-OH is 1. The van der Waals surface area contributed by atoms with Crippen LogP contribution in [0.5, 0.6) is 11.5 Å². The van der Waals surface area contributed by atoms with Gasteiger partial charge in [-0.05, 0) is 31.2 Å². The van der Waals surface area contributed by atoms with Crippen molar-refractivity contribution in [1.82, 2.24) is 0 Å². The van der Waals surface area contributed by atoms with Gasteiger partial charge in [0.25, 0.3) is 0 Å². The zero-order valence-corrected chi connectivity index (χ0v) is 13.5. The van der Waals surface area contributed by atoms with Crippen LogP contribution in [0.25, 0.3) is 0 Å². The van der Waals surface area contributed by atoms with Gasteiger partial charge in [0.2, 0.25) is 0 Å². The maximum atomic E-state index is 10.5. The van der Waals surface area contributed by atoms with Crippen molar-refractivity contribution in [1.29, 1.82) is 0 Å². The van der Waals surface area contributed by atoms with Crippen LogP contribution in [0.3, 0.4) is 0 Å². The van der Waals surface area contributed by atoms with Gasteiger partial charge in [-0.25, -0.2) is 0 Å². The summed E-state index contributed by atoms with van der Waals surface area (Å²) in [5.74, 6) is 1.56. The number of benzene rings is 1. The Morgan fingerprint density at radius 3 is 2.95 bits per heavy atom. The standard InChI is InChI=1S/C16H17ClO3S/c1-9-5-10-6-15(19-2)12(8-14(10)20-9)13(18)7-11-3-4-16(17)21-11/h3-4,6,8-9,13,18H,5,7H2,1-2H3. The molecule has 0 fully saturated rings. The van der Waals surface area contributed by atoms with Crippen LogP contribution in [-0.4, -0.2) is 18.3 Å². The molecule has 2 heterocycles. The highest BCUT2D eigenvalue weighted by atomic mass is 35.5. The maximum Gasteiger partial charge on any atom is 0.125 e. The predicted octanol–water partition coefficient (Wildman–Crippen LogP) is 4.01. The van der Waals surface area contributed by atoms with Crippen molar-refractivity contribution < 1.29 is 14.6 Å². The van der Waals surface area contributed by atoms with E-state index < -0.39 is 6.10 Å². The quantitative estimate of drug-likeness (QED) is 0.923. The van der Waals surface area contributed by atoms with Crippen LogP contribution in [0.4, 0.5) is 0 Å². The van der Waals surface area contributed by atoms with E-state index in [-0.39, 0.29) is 6.10 Å². The molecule has 1 aliphatic rings. The van der Waals surface area contributed by atoms with E-state index in [2.05, 4.69) is 0 Å². The van der Waals surface area contributed by atoms with E-state index in [9.17, 15) is 5.11 Å². The summed E-state index contributed by atoms with van der Waals surface area (Å²) < 4.78 is 11.9. The second-order valence-electron chi connectivity index (χ2n) is 5.26. The molecule has 0 amide bonds. The highest BCUT2D eigenvalue weighted by molar-refractivity contribution is 7.16. The molecule has 1 aromatic carbocycles. The monoisotopic (exact) mass is 324 g/mol. The number of aliphatic hydroxyl groups is 1. The highest BCUT2D eigenvalue weighted by Crippen LogP contribution is 2.38. The summed E-state index contributed by atoms with van der Waals surface area (Å²) >= 11 is 7.42. The molecule has 112 valence electrons. The number of halogens is 1. The van der Waals surface area contributed by atoms with Crippen LogP contribution in [0.2, 0.25) is 4.34 Å². The number of methoxy groups -OCH3 is 1. The topological polar surface area (TPSA) is 38.7 Å². The Balaban J connectivity index is 1.88. The third-order valence-corrected chi connectivity index (χ3v) is 4.88. The molecule has 2 unspecified atom stereocenters. The fraction of sp³-hybridized carbons (Fsp3) is 0.375. The number of hydrogen-bond acceptors (Lipinski definition) is 4. The van der Waals surface area contributed by atoms with Gasteiger partial charge >= 0.3 is 0 Å². The number of rotatable bonds is 4. The Labute approximate surface area is 133 Å². The van der Waals surface area contributed by atoms with Crippen molar-refractivity contribution in [3.63, 3.8) is 0 Å². The van der Waals surface area contributed by atoms with Crippen molar-refractivity contribution in [2.45, 2.75) is 32.0 Å². The summed E-state index contributed by atoms with van der Waals surface area (Å²) in [4.78, 5) is 1.05. The van der Waals surface area contributed by atoms with Crippen molar-refractivity contribution in [3.05, 3.63) is 44.6 Å². The third-order valence-electron chi connectivity index (χ3n) is 3.63. The molecule has 0 spiro atoms. The van der Waals surface area contributed by atoms with E-state index >= 15 is 0 Å². The molecule has 5 heteroatoms. The Kier molecular flexibility index (Phi) is 4.11. The van der Waals surface area contributed by atoms with Gasteiger partial charge in [0.15, 0.2) is 0 Å². The van der Waals surface area contributed by atoms with Crippen molar-refractivity contribution >= 4 is 22.9 Å². The predicted molar refractivity (Wildman–Crippen MR) is 84.8 cm³/mol. The second kappa shape index (κ2) is 5.87. The van der Waals surface area contributed by atoms with E-state index in [1.54, 1.807) is 7.11 Å². The van der Waals surface area contributed by atoms with Crippen LogP contribution in [-0.2, 0) is 12.8 Å². The second-order valence-corrected chi connectivity index (χ2v) is 7.06. The third kappa shape index (κ3) is 3.03. The first-order chi connectivity index (χ1) is 10.1. The molecule has 0 radical (unpaired) electrons. The summed E-state index contributed by atoms with van der Waals surface area (Å²) in [6.45, 7) is 2.04. The number of fused-ring (bicyclic) bond motifs is 1. The zero-order chi connectivity index (χ0) is 15.0. The fourth-order valence-electron chi connectivity index (χ4n) is 2.65. The molecule has 0 aliphatic carbocycles. The van der Waals surface area contributed by atoms with Gasteiger partial charge < -0.3 is 14.6 Å². The van der Waals surface area contributed by atoms with Crippen molar-refractivity contribution in [3.8, 4) is 11.5 Å². The summed E-state index contributed by atoms with van der Waals surface area (Å²) in [7, 11) is 1.62. The summed E-state index contributed by atoms with van der Waals surface area (Å²) in [5.41, 5.74) is 1.89. The first-order valence-corrected chi connectivity index (χ1v) is 8.06. The summed E-state index contributed by atoms with van der Waals surface area (Å²) in [5, 5.41) is 10.5. The molecule has 21 heavy (non-hydrogen) atoms. The van der Waals surface area contributed by atoms with E-state index in [1.807, 2.05) is 31.2 Å². The highest BCUT2D eigenvalue weighted by Gasteiger charge is 2.24. The van der Waals surface area contributed by atoms with Gasteiger partial charge in [0.1, 0.15) is 17.6 Å². The van der Waals surface area contributed by atoms with E-state index in [0.717, 1.165) is 32.5 Å². The van der Waals surface area contributed by atoms with Crippen LogP contribution in [0.15, 0.2) is 24.3 Å². The summed E-state index contributed by atoms with van der Waals surface area (Å²) in [6.07, 6.45) is 0.928. The minimum atomic E-state index is -0.639. The lowest BCUT2D eigenvalue weighted by Gasteiger charge is -2.16. The van der Waals surface area contributed by atoms with Gasteiger partial charge in [0.05, 0.1) is 17.6 Å². The first kappa shape index (κ1) is 14.7.